The van der Waals surface area contributed by atoms with Crippen molar-refractivity contribution < 1.29 is 4.79 Å². The van der Waals surface area contributed by atoms with Crippen LogP contribution in [-0.4, -0.2) is 10.9 Å². The number of aromatic nitrogens is 1. The quantitative estimate of drug-likeness (QED) is 0.857. The molecule has 1 N–H and O–H groups in total. The second kappa shape index (κ2) is 4.75. The number of hydrogen-bond acceptors (Lipinski definition) is 3. The molecule has 3 nitrogen and oxygen atoms in total. The zero-order valence-corrected chi connectivity index (χ0v) is 9.77. The molecular weight excluding hydrogens is 208 g/mol. The van der Waals surface area contributed by atoms with E-state index in [9.17, 15) is 4.79 Å². The molecule has 4 heteroatoms. The lowest BCUT2D eigenvalue weighted by atomic mass is 10.1. The Bertz CT molecular complexity index is 342. The topological polar surface area (TPSA) is 42.0 Å². The van der Waals surface area contributed by atoms with E-state index < -0.39 is 0 Å². The molecule has 1 aliphatic rings. The molecule has 0 saturated heterocycles. The van der Waals surface area contributed by atoms with Gasteiger partial charge in [-0.15, -0.1) is 11.3 Å². The van der Waals surface area contributed by atoms with Gasteiger partial charge in [-0.2, -0.15) is 0 Å². The third-order valence-electron chi connectivity index (χ3n) is 2.87. The molecule has 2 rings (SSSR count). The Labute approximate surface area is 93.9 Å². The SMILES string of the molecule is CCc1csc(NC(=O)C2CCCC2)n1. The summed E-state index contributed by atoms with van der Waals surface area (Å²) in [6.07, 6.45) is 5.39. The molecule has 1 saturated carbocycles. The van der Waals surface area contributed by atoms with Gasteiger partial charge in [-0.25, -0.2) is 4.98 Å². The van der Waals surface area contributed by atoms with Gasteiger partial charge in [0, 0.05) is 11.3 Å². The molecule has 1 aromatic heterocycles. The fraction of sp³-hybridized carbons (Fsp3) is 0.636. The fourth-order valence-corrected chi connectivity index (χ4v) is 2.72. The highest BCUT2D eigenvalue weighted by Crippen LogP contribution is 2.26. The molecule has 0 aliphatic heterocycles. The summed E-state index contributed by atoms with van der Waals surface area (Å²) in [5.74, 6) is 0.378. The van der Waals surface area contributed by atoms with Crippen molar-refractivity contribution in [2.75, 3.05) is 5.32 Å². The Kier molecular flexibility index (Phi) is 3.36. The van der Waals surface area contributed by atoms with Crippen LogP contribution in [0.1, 0.15) is 38.3 Å². The third-order valence-corrected chi connectivity index (χ3v) is 3.68. The highest BCUT2D eigenvalue weighted by molar-refractivity contribution is 7.13. The van der Waals surface area contributed by atoms with E-state index in [0.29, 0.717) is 0 Å². The number of amides is 1. The van der Waals surface area contributed by atoms with Crippen LogP contribution < -0.4 is 5.32 Å². The predicted octanol–water partition coefficient (Wildman–Crippen LogP) is 2.83. The highest BCUT2D eigenvalue weighted by Gasteiger charge is 2.23. The number of thiazole rings is 1. The Balaban J connectivity index is 1.92. The average Bonchev–Trinajstić information content (AvgIpc) is 2.87. The number of hydrogen-bond donors (Lipinski definition) is 1. The maximum Gasteiger partial charge on any atom is 0.229 e. The third kappa shape index (κ3) is 2.56. The van der Waals surface area contributed by atoms with Crippen molar-refractivity contribution >= 4 is 22.4 Å². The Hall–Kier alpha value is -0.900. The van der Waals surface area contributed by atoms with E-state index in [1.165, 1.54) is 24.2 Å². The molecule has 0 unspecified atom stereocenters. The molecule has 82 valence electrons. The second-order valence-corrected chi connectivity index (χ2v) is 4.83. The lowest BCUT2D eigenvalue weighted by Crippen LogP contribution is -2.20. The lowest BCUT2D eigenvalue weighted by Gasteiger charge is -2.07. The molecule has 15 heavy (non-hydrogen) atoms. The van der Waals surface area contributed by atoms with Crippen molar-refractivity contribution in [2.24, 2.45) is 5.92 Å². The predicted molar refractivity (Wildman–Crippen MR) is 62.1 cm³/mol. The van der Waals surface area contributed by atoms with Crippen LogP contribution in [0.15, 0.2) is 5.38 Å². The second-order valence-electron chi connectivity index (χ2n) is 3.97. The van der Waals surface area contributed by atoms with Gasteiger partial charge in [0.25, 0.3) is 0 Å². The standard InChI is InChI=1S/C11H16N2OS/c1-2-9-7-15-11(12-9)13-10(14)8-5-3-4-6-8/h7-8H,2-6H2,1H3,(H,12,13,14). The van der Waals surface area contributed by atoms with E-state index in [0.717, 1.165) is 30.1 Å². The van der Waals surface area contributed by atoms with Gasteiger partial charge in [-0.3, -0.25) is 4.79 Å². The molecule has 1 heterocycles. The van der Waals surface area contributed by atoms with Gasteiger partial charge >= 0.3 is 0 Å². The van der Waals surface area contributed by atoms with Crippen LogP contribution in [-0.2, 0) is 11.2 Å². The number of carbonyl (C=O) groups is 1. The summed E-state index contributed by atoms with van der Waals surface area (Å²) in [5, 5.41) is 5.66. The van der Waals surface area contributed by atoms with Gasteiger partial charge in [0.1, 0.15) is 0 Å². The summed E-state index contributed by atoms with van der Waals surface area (Å²) in [6.45, 7) is 2.07. The summed E-state index contributed by atoms with van der Waals surface area (Å²) in [5.41, 5.74) is 1.06. The molecular formula is C11H16N2OS. The molecule has 0 aromatic carbocycles. The van der Waals surface area contributed by atoms with E-state index in [4.69, 9.17) is 0 Å². The van der Waals surface area contributed by atoms with Crippen molar-refractivity contribution in [3.8, 4) is 0 Å². The minimum absolute atomic E-state index is 0.157. The largest absolute Gasteiger partial charge is 0.302 e. The monoisotopic (exact) mass is 224 g/mol. The maximum absolute atomic E-state index is 11.8. The van der Waals surface area contributed by atoms with Crippen LogP contribution in [0.2, 0.25) is 0 Å². The molecule has 1 amide bonds. The molecule has 1 fully saturated rings. The van der Waals surface area contributed by atoms with E-state index in [1.54, 1.807) is 0 Å². The number of nitrogens with zero attached hydrogens (tertiary/aromatic N) is 1. The zero-order valence-electron chi connectivity index (χ0n) is 8.95. The lowest BCUT2D eigenvalue weighted by molar-refractivity contribution is -0.119. The summed E-state index contributed by atoms with van der Waals surface area (Å²) in [7, 11) is 0. The first-order chi connectivity index (χ1) is 7.29. The van der Waals surface area contributed by atoms with E-state index in [-0.39, 0.29) is 11.8 Å². The summed E-state index contributed by atoms with van der Waals surface area (Å²) in [6, 6.07) is 0. The van der Waals surface area contributed by atoms with Crippen LogP contribution >= 0.6 is 11.3 Å². The number of rotatable bonds is 3. The zero-order chi connectivity index (χ0) is 10.7. The van der Waals surface area contributed by atoms with Crippen LogP contribution in [0.4, 0.5) is 5.13 Å². The van der Waals surface area contributed by atoms with Crippen LogP contribution in [0.25, 0.3) is 0 Å². The van der Waals surface area contributed by atoms with Gasteiger partial charge in [-0.1, -0.05) is 19.8 Å². The average molecular weight is 224 g/mol. The molecule has 0 atom stereocenters. The van der Waals surface area contributed by atoms with Gasteiger partial charge in [0.2, 0.25) is 5.91 Å². The number of aryl methyl sites for hydroxylation is 1. The molecule has 1 aromatic rings. The van der Waals surface area contributed by atoms with Gasteiger partial charge in [0.15, 0.2) is 5.13 Å². The Morgan fingerprint density at radius 3 is 2.93 bits per heavy atom. The first kappa shape index (κ1) is 10.6. The summed E-state index contributed by atoms with van der Waals surface area (Å²) >= 11 is 1.52. The molecule has 1 aliphatic carbocycles. The first-order valence-corrected chi connectivity index (χ1v) is 6.43. The van der Waals surface area contributed by atoms with Crippen molar-refractivity contribution in [1.82, 2.24) is 4.98 Å². The number of nitrogens with one attached hydrogen (secondary N) is 1. The number of carbonyl (C=O) groups excluding carboxylic acids is 1. The highest BCUT2D eigenvalue weighted by atomic mass is 32.1. The first-order valence-electron chi connectivity index (χ1n) is 5.55. The van der Waals surface area contributed by atoms with Crippen molar-refractivity contribution in [3.63, 3.8) is 0 Å². The van der Waals surface area contributed by atoms with E-state index in [1.807, 2.05) is 5.38 Å². The summed E-state index contributed by atoms with van der Waals surface area (Å²) in [4.78, 5) is 16.1. The van der Waals surface area contributed by atoms with Crippen molar-refractivity contribution in [1.29, 1.82) is 0 Å². The van der Waals surface area contributed by atoms with Crippen molar-refractivity contribution in [3.05, 3.63) is 11.1 Å². The van der Waals surface area contributed by atoms with Crippen LogP contribution in [0.5, 0.6) is 0 Å². The molecule has 0 radical (unpaired) electrons. The Morgan fingerprint density at radius 1 is 1.60 bits per heavy atom. The van der Waals surface area contributed by atoms with Gasteiger partial charge < -0.3 is 5.32 Å². The maximum atomic E-state index is 11.8. The minimum Gasteiger partial charge on any atom is -0.302 e. The van der Waals surface area contributed by atoms with Gasteiger partial charge in [0.05, 0.1) is 5.69 Å². The summed E-state index contributed by atoms with van der Waals surface area (Å²) < 4.78 is 0. The molecule has 0 bridgehead atoms. The normalized spacial score (nSPS) is 16.9. The van der Waals surface area contributed by atoms with Crippen molar-refractivity contribution in [2.45, 2.75) is 39.0 Å². The smallest absolute Gasteiger partial charge is 0.229 e. The van der Waals surface area contributed by atoms with E-state index >= 15 is 0 Å². The Morgan fingerprint density at radius 2 is 2.33 bits per heavy atom. The van der Waals surface area contributed by atoms with Crippen LogP contribution in [0, 0.1) is 5.92 Å². The van der Waals surface area contributed by atoms with Crippen LogP contribution in [0.3, 0.4) is 0 Å². The molecule has 0 spiro atoms. The fourth-order valence-electron chi connectivity index (χ4n) is 1.92. The minimum atomic E-state index is 0.157. The van der Waals surface area contributed by atoms with E-state index in [2.05, 4.69) is 17.2 Å². The number of anilines is 1. The van der Waals surface area contributed by atoms with Gasteiger partial charge in [-0.05, 0) is 19.3 Å².